The van der Waals surface area contributed by atoms with Gasteiger partial charge in [0.05, 0.1) is 38.1 Å². The number of halogens is 4. The number of rotatable bonds is 7. The molecule has 0 aliphatic carbocycles. The van der Waals surface area contributed by atoms with Crippen molar-refractivity contribution in [3.63, 3.8) is 0 Å². The zero-order valence-electron chi connectivity index (χ0n) is 25.0. The van der Waals surface area contributed by atoms with Crippen molar-refractivity contribution < 1.29 is 22.3 Å². The summed E-state index contributed by atoms with van der Waals surface area (Å²) in [5.74, 6) is -1.98. The molecule has 1 fully saturated rings. The molecule has 12 nitrogen and oxygen atoms in total. The van der Waals surface area contributed by atoms with Gasteiger partial charge in [-0.05, 0) is 68.3 Å². The topological polar surface area (TPSA) is 151 Å². The Kier molecular flexibility index (Phi) is 8.02. The van der Waals surface area contributed by atoms with E-state index in [0.717, 1.165) is 17.8 Å². The molecule has 7 rings (SSSR count). The molecule has 4 heterocycles. The number of pyridine rings is 1. The molecule has 48 heavy (non-hydrogen) atoms. The Bertz CT molecular complexity index is 2330. The van der Waals surface area contributed by atoms with Crippen LogP contribution in [-0.2, 0) is 10.0 Å². The first kappa shape index (κ1) is 31.9. The zero-order valence-corrected chi connectivity index (χ0v) is 27.3. The molecular weight excluding hydrogens is 687 g/mol. The van der Waals surface area contributed by atoms with Crippen LogP contribution < -0.4 is 14.9 Å². The van der Waals surface area contributed by atoms with Crippen LogP contribution >= 0.6 is 23.2 Å². The minimum absolute atomic E-state index is 0.0134. The largest absolute Gasteiger partial charge is 0.390 e. The molecule has 6 aromatic rings. The van der Waals surface area contributed by atoms with Crippen LogP contribution in [0.2, 0.25) is 10.0 Å². The van der Waals surface area contributed by atoms with Crippen molar-refractivity contribution in [3.05, 3.63) is 88.7 Å². The Labute approximate surface area is 282 Å². The summed E-state index contributed by atoms with van der Waals surface area (Å²) < 4.78 is 60.6. The SMILES string of the molecule is CC1(O)CCN(c2cccc3c2nnn3-c2ccc3ncnc(Nc4c(F)ccc(NS(=O)(=O)c5cccc(Cl)c5Cl)c4F)c3n2)CC1. The maximum absolute atomic E-state index is 15.8. The maximum atomic E-state index is 15.8. The van der Waals surface area contributed by atoms with Gasteiger partial charge in [-0.1, -0.05) is 40.5 Å². The van der Waals surface area contributed by atoms with Crippen LogP contribution in [0.5, 0.6) is 0 Å². The average molecular weight is 713 g/mol. The fraction of sp³-hybridized carbons (Fsp3) is 0.194. The van der Waals surface area contributed by atoms with Crippen LogP contribution in [0, 0.1) is 11.6 Å². The zero-order chi connectivity index (χ0) is 33.8. The van der Waals surface area contributed by atoms with E-state index in [9.17, 15) is 13.5 Å². The first-order valence-corrected chi connectivity index (χ1v) is 16.8. The lowest BCUT2D eigenvalue weighted by molar-refractivity contribution is 0.0352. The van der Waals surface area contributed by atoms with Crippen molar-refractivity contribution in [1.29, 1.82) is 0 Å². The summed E-state index contributed by atoms with van der Waals surface area (Å²) in [6.45, 7) is 3.15. The third-order valence-corrected chi connectivity index (χ3v) is 10.4. The van der Waals surface area contributed by atoms with Crippen molar-refractivity contribution in [2.45, 2.75) is 30.3 Å². The Morgan fingerprint density at radius 1 is 0.958 bits per heavy atom. The standard InChI is InChI=1S/C31H25Cl2F2N9O3S/c1-31(45)12-14-43(15-13-31)21-5-3-6-22-29(21)40-42-44(22)24-11-10-20-28(38-24)30(37-16-36-20)39-27-18(34)8-9-19(26(27)35)41-48(46,47)23-7-2-4-17(32)25(23)33/h2-11,16,41,45H,12-15H2,1H3,(H,36,37,39). The Balaban J connectivity index is 1.23. The van der Waals surface area contributed by atoms with E-state index >= 15 is 8.78 Å². The molecule has 3 N–H and O–H groups in total. The number of hydrogen-bond donors (Lipinski definition) is 3. The van der Waals surface area contributed by atoms with Crippen molar-refractivity contribution in [3.8, 4) is 5.82 Å². The summed E-state index contributed by atoms with van der Waals surface area (Å²) in [4.78, 5) is 14.8. The van der Waals surface area contributed by atoms with Gasteiger partial charge >= 0.3 is 0 Å². The highest BCUT2D eigenvalue weighted by molar-refractivity contribution is 7.92. The second-order valence-electron chi connectivity index (χ2n) is 11.5. The molecule has 0 spiro atoms. The molecule has 0 unspecified atom stereocenters. The van der Waals surface area contributed by atoms with Crippen molar-refractivity contribution in [2.24, 2.45) is 0 Å². The summed E-state index contributed by atoms with van der Waals surface area (Å²) in [7, 11) is -4.41. The first-order valence-electron chi connectivity index (χ1n) is 14.6. The Morgan fingerprint density at radius 2 is 1.73 bits per heavy atom. The molecule has 0 radical (unpaired) electrons. The molecule has 1 aliphatic rings. The predicted octanol–water partition coefficient (Wildman–Crippen LogP) is 6.24. The molecule has 0 bridgehead atoms. The van der Waals surface area contributed by atoms with Gasteiger partial charge in [0.1, 0.15) is 33.8 Å². The highest BCUT2D eigenvalue weighted by Gasteiger charge is 2.29. The van der Waals surface area contributed by atoms with E-state index in [0.29, 0.717) is 48.3 Å². The Morgan fingerprint density at radius 3 is 2.52 bits per heavy atom. The number of aliphatic hydroxyl groups is 1. The number of anilines is 4. The summed E-state index contributed by atoms with van der Waals surface area (Å²) in [5, 5.41) is 21.5. The number of nitrogens with zero attached hydrogens (tertiary/aromatic N) is 7. The molecule has 1 saturated heterocycles. The minimum atomic E-state index is -4.41. The van der Waals surface area contributed by atoms with Gasteiger partial charge in [0.2, 0.25) is 0 Å². The molecule has 1 aliphatic heterocycles. The molecule has 0 saturated carbocycles. The Hall–Kier alpha value is -4.70. The van der Waals surface area contributed by atoms with Gasteiger partial charge in [-0.3, -0.25) is 4.72 Å². The summed E-state index contributed by atoms with van der Waals surface area (Å²) >= 11 is 12.0. The summed E-state index contributed by atoms with van der Waals surface area (Å²) in [6.07, 6.45) is 2.43. The summed E-state index contributed by atoms with van der Waals surface area (Å²) in [6, 6.07) is 14.8. The van der Waals surface area contributed by atoms with E-state index in [1.165, 1.54) is 29.2 Å². The quantitative estimate of drug-likeness (QED) is 0.174. The average Bonchev–Trinajstić information content (AvgIpc) is 3.50. The van der Waals surface area contributed by atoms with Crippen LogP contribution in [0.3, 0.4) is 0 Å². The number of sulfonamides is 1. The first-order chi connectivity index (χ1) is 22.9. The lowest BCUT2D eigenvalue weighted by atomic mass is 9.93. The second kappa shape index (κ2) is 12.1. The highest BCUT2D eigenvalue weighted by atomic mass is 35.5. The van der Waals surface area contributed by atoms with Gasteiger partial charge in [-0.2, -0.15) is 4.68 Å². The van der Waals surface area contributed by atoms with Crippen LogP contribution in [0.25, 0.3) is 27.9 Å². The van der Waals surface area contributed by atoms with Gasteiger partial charge in [-0.15, -0.1) is 5.10 Å². The monoisotopic (exact) mass is 711 g/mol. The van der Waals surface area contributed by atoms with Gasteiger partial charge in [0.15, 0.2) is 17.5 Å². The fourth-order valence-corrected chi connectivity index (χ4v) is 7.30. The number of hydrogen-bond acceptors (Lipinski definition) is 10. The molecule has 17 heteroatoms. The minimum Gasteiger partial charge on any atom is -0.390 e. The van der Waals surface area contributed by atoms with E-state index < -0.39 is 38.6 Å². The van der Waals surface area contributed by atoms with Gasteiger partial charge in [-0.25, -0.2) is 32.2 Å². The molecule has 246 valence electrons. The van der Waals surface area contributed by atoms with E-state index in [2.05, 4.69) is 40.2 Å². The maximum Gasteiger partial charge on any atom is 0.263 e. The number of nitrogens with one attached hydrogen (secondary N) is 2. The second-order valence-corrected chi connectivity index (χ2v) is 13.9. The van der Waals surface area contributed by atoms with E-state index in [1.807, 2.05) is 25.1 Å². The van der Waals surface area contributed by atoms with Crippen molar-refractivity contribution in [1.82, 2.24) is 29.9 Å². The molecule has 0 amide bonds. The third-order valence-electron chi connectivity index (χ3n) is 8.11. The molecular formula is C31H25Cl2F2N9O3S. The van der Waals surface area contributed by atoms with Crippen LogP contribution in [0.15, 0.2) is 71.9 Å². The lowest BCUT2D eigenvalue weighted by Gasteiger charge is -2.37. The lowest BCUT2D eigenvalue weighted by Crippen LogP contribution is -2.42. The molecule has 3 aromatic heterocycles. The van der Waals surface area contributed by atoms with Crippen LogP contribution in [0.4, 0.5) is 31.7 Å². The van der Waals surface area contributed by atoms with E-state index in [-0.39, 0.29) is 26.3 Å². The number of aromatic nitrogens is 6. The van der Waals surface area contributed by atoms with Crippen LogP contribution in [-0.4, -0.2) is 62.2 Å². The fourth-order valence-electron chi connectivity index (χ4n) is 5.48. The molecule has 0 atom stereocenters. The number of fused-ring (bicyclic) bond motifs is 2. The normalized spacial score (nSPS) is 14.8. The predicted molar refractivity (Wildman–Crippen MR) is 179 cm³/mol. The van der Waals surface area contributed by atoms with E-state index in [1.54, 1.807) is 12.1 Å². The number of piperidine rings is 1. The summed E-state index contributed by atoms with van der Waals surface area (Å²) in [5.41, 5.74) is 0.752. The van der Waals surface area contributed by atoms with Crippen molar-refractivity contribution >= 4 is 78.2 Å². The highest BCUT2D eigenvalue weighted by Crippen LogP contribution is 2.35. The molecule has 3 aromatic carbocycles. The van der Waals surface area contributed by atoms with Gasteiger partial charge < -0.3 is 15.3 Å². The van der Waals surface area contributed by atoms with Gasteiger partial charge in [0.25, 0.3) is 10.0 Å². The van der Waals surface area contributed by atoms with E-state index in [4.69, 9.17) is 23.2 Å². The smallest absolute Gasteiger partial charge is 0.263 e. The third kappa shape index (κ3) is 5.83. The van der Waals surface area contributed by atoms with Crippen molar-refractivity contribution in [2.75, 3.05) is 28.0 Å². The van der Waals surface area contributed by atoms with Crippen LogP contribution in [0.1, 0.15) is 19.8 Å². The number of benzene rings is 3. The van der Waals surface area contributed by atoms with Gasteiger partial charge in [0, 0.05) is 13.1 Å².